The van der Waals surface area contributed by atoms with E-state index in [1.54, 1.807) is 12.1 Å². The number of aromatic carboxylic acids is 1. The highest BCUT2D eigenvalue weighted by molar-refractivity contribution is 6.11. The number of pyridine rings is 1. The second-order valence-corrected chi connectivity index (χ2v) is 8.18. The molecule has 0 spiro atoms. The summed E-state index contributed by atoms with van der Waals surface area (Å²) in [6.45, 7) is -0.0218. The molecule has 1 aromatic carbocycles. The zero-order valence-electron chi connectivity index (χ0n) is 17.5. The molecule has 0 radical (unpaired) electrons. The molecule has 2 aromatic heterocycles. The van der Waals surface area contributed by atoms with E-state index < -0.39 is 29.5 Å². The van der Waals surface area contributed by atoms with Crippen molar-refractivity contribution in [3.05, 3.63) is 63.5 Å². The van der Waals surface area contributed by atoms with Crippen molar-refractivity contribution in [1.82, 2.24) is 14.9 Å². The van der Waals surface area contributed by atoms with Crippen molar-refractivity contribution in [2.45, 2.75) is 25.2 Å². The van der Waals surface area contributed by atoms with Gasteiger partial charge in [-0.1, -0.05) is 0 Å². The number of nitrogens with one attached hydrogen (secondary N) is 2. The maximum atomic E-state index is 15.0. The van der Waals surface area contributed by atoms with Gasteiger partial charge in [-0.25, -0.2) is 19.2 Å². The minimum Gasteiger partial charge on any atom is -0.492 e. The van der Waals surface area contributed by atoms with E-state index in [-0.39, 0.29) is 52.9 Å². The Labute approximate surface area is 190 Å². The molecule has 172 valence electrons. The van der Waals surface area contributed by atoms with Crippen molar-refractivity contribution in [2.75, 3.05) is 6.61 Å². The highest BCUT2D eigenvalue weighted by Gasteiger charge is 2.34. The number of carbonyl (C=O) groups is 1. The van der Waals surface area contributed by atoms with E-state index in [9.17, 15) is 19.1 Å². The Morgan fingerprint density at radius 1 is 1.35 bits per heavy atom. The molecule has 9 nitrogen and oxygen atoms in total. The number of carboxylic acid groups (broad SMARTS) is 1. The van der Waals surface area contributed by atoms with Crippen LogP contribution in [-0.2, 0) is 13.0 Å². The molecule has 0 amide bonds. The van der Waals surface area contributed by atoms with Crippen molar-refractivity contribution >= 4 is 29.2 Å². The number of allylic oxidation sites excluding steroid dienone is 1. The summed E-state index contributed by atoms with van der Waals surface area (Å²) in [7, 11) is 0. The van der Waals surface area contributed by atoms with E-state index in [0.717, 1.165) is 0 Å². The minimum absolute atomic E-state index is 0.0886. The third-order valence-corrected chi connectivity index (χ3v) is 6.28. The molecule has 0 aliphatic carbocycles. The Kier molecular flexibility index (Phi) is 4.41. The molecule has 0 saturated heterocycles. The smallest absolute Gasteiger partial charge is 0.353 e. The van der Waals surface area contributed by atoms with Crippen molar-refractivity contribution in [1.29, 1.82) is 0 Å². The van der Waals surface area contributed by atoms with Crippen LogP contribution in [0.5, 0.6) is 5.75 Å². The Hall–Kier alpha value is -4.28. The van der Waals surface area contributed by atoms with Crippen LogP contribution < -0.4 is 15.6 Å². The Bertz CT molecular complexity index is 1530. The number of aromatic amines is 1. The van der Waals surface area contributed by atoms with Gasteiger partial charge in [-0.3, -0.25) is 4.79 Å². The number of rotatable bonds is 4. The van der Waals surface area contributed by atoms with Crippen LogP contribution in [0.2, 0.25) is 0 Å². The lowest BCUT2D eigenvalue weighted by atomic mass is 10.00. The van der Waals surface area contributed by atoms with Gasteiger partial charge in [0.25, 0.3) is 5.56 Å². The van der Waals surface area contributed by atoms with Gasteiger partial charge in [0.05, 0.1) is 42.0 Å². The predicted octanol–water partition coefficient (Wildman–Crippen LogP) is 2.40. The summed E-state index contributed by atoms with van der Waals surface area (Å²) in [5, 5.41) is 13.5. The van der Waals surface area contributed by atoms with Gasteiger partial charge in [-0.2, -0.15) is 4.39 Å². The highest BCUT2D eigenvalue weighted by Crippen LogP contribution is 2.44. The second-order valence-electron chi connectivity index (χ2n) is 8.18. The molecule has 0 fully saturated rings. The monoisotopic (exact) mass is 465 g/mol. The first-order valence-electron chi connectivity index (χ1n) is 10.6. The lowest BCUT2D eigenvalue weighted by Crippen LogP contribution is -2.33. The van der Waals surface area contributed by atoms with Crippen LogP contribution in [-0.4, -0.2) is 51.7 Å². The van der Waals surface area contributed by atoms with Crippen LogP contribution >= 0.6 is 0 Å². The Morgan fingerprint density at radius 2 is 2.21 bits per heavy atom. The number of aromatic nitrogens is 2. The lowest BCUT2D eigenvalue weighted by Gasteiger charge is -2.20. The second kappa shape index (κ2) is 7.37. The minimum atomic E-state index is -1.35. The lowest BCUT2D eigenvalue weighted by molar-refractivity contribution is 0.0687. The summed E-state index contributed by atoms with van der Waals surface area (Å²) in [4.78, 5) is 35.8. The molecule has 2 atom stereocenters. The fourth-order valence-electron chi connectivity index (χ4n) is 4.80. The van der Waals surface area contributed by atoms with Crippen LogP contribution in [0.3, 0.4) is 0 Å². The van der Waals surface area contributed by atoms with Gasteiger partial charge >= 0.3 is 5.97 Å². The van der Waals surface area contributed by atoms with E-state index in [1.807, 2.05) is 0 Å². The molecule has 0 saturated carbocycles. The number of halogens is 2. The fourth-order valence-corrected chi connectivity index (χ4v) is 4.80. The molecule has 3 aromatic rings. The van der Waals surface area contributed by atoms with Crippen LogP contribution in [0.4, 0.5) is 8.78 Å². The normalized spacial score (nSPS) is 20.4. The third kappa shape index (κ3) is 2.89. The molecular weight excluding hydrogens is 448 g/mol. The average Bonchev–Trinajstić information content (AvgIpc) is 3.52. The molecule has 3 aliphatic heterocycles. The number of fused-ring (bicyclic) bond motifs is 4. The maximum Gasteiger partial charge on any atom is 0.353 e. The fraction of sp³-hybridized carbons (Fsp3) is 0.217. The molecular formula is C23H17F2N5O4. The summed E-state index contributed by atoms with van der Waals surface area (Å²) in [5.41, 5.74) is 0.00710. The number of H-pyrrole nitrogens is 1. The molecule has 34 heavy (non-hydrogen) atoms. The number of dihydropyridines is 1. The van der Waals surface area contributed by atoms with Gasteiger partial charge in [0.15, 0.2) is 6.17 Å². The highest BCUT2D eigenvalue weighted by atomic mass is 19.1. The number of hydrogen-bond donors (Lipinski definition) is 3. The molecule has 11 heteroatoms. The van der Waals surface area contributed by atoms with Crippen molar-refractivity contribution in [3.8, 4) is 16.9 Å². The number of nitrogens with zero attached hydrogens (tertiary/aromatic N) is 3. The SMILES string of the molecule is O=C(O)c1c(-c2ccc[nH]c2=O)c2c3c(c(F)cc2n1CC1=CC2NC=NC2N=C1F)CCO3. The van der Waals surface area contributed by atoms with Crippen LogP contribution in [0.25, 0.3) is 22.0 Å². The number of benzene rings is 1. The molecule has 5 heterocycles. The van der Waals surface area contributed by atoms with E-state index in [0.29, 0.717) is 17.4 Å². The zero-order valence-corrected chi connectivity index (χ0v) is 17.5. The Morgan fingerprint density at radius 3 is 3.00 bits per heavy atom. The number of hydrogen-bond acceptors (Lipinski definition) is 6. The molecule has 2 unspecified atom stereocenters. The van der Waals surface area contributed by atoms with Crippen molar-refractivity contribution in [3.63, 3.8) is 0 Å². The van der Waals surface area contributed by atoms with Gasteiger partial charge in [-0.15, -0.1) is 0 Å². The molecule has 6 rings (SSSR count). The first kappa shape index (κ1) is 20.3. The van der Waals surface area contributed by atoms with Crippen LogP contribution in [0.15, 0.2) is 50.8 Å². The number of carboxylic acids is 1. The third-order valence-electron chi connectivity index (χ3n) is 6.28. The summed E-state index contributed by atoms with van der Waals surface area (Å²) >= 11 is 0. The van der Waals surface area contributed by atoms with E-state index >= 15 is 4.39 Å². The van der Waals surface area contributed by atoms with E-state index in [2.05, 4.69) is 20.3 Å². The van der Waals surface area contributed by atoms with Crippen LogP contribution in [0.1, 0.15) is 16.1 Å². The Balaban J connectivity index is 1.65. The maximum absolute atomic E-state index is 15.0. The van der Waals surface area contributed by atoms with Gasteiger partial charge in [0.1, 0.15) is 17.3 Å². The zero-order chi connectivity index (χ0) is 23.6. The van der Waals surface area contributed by atoms with Gasteiger partial charge in [-0.05, 0) is 24.3 Å². The average molecular weight is 465 g/mol. The quantitative estimate of drug-likeness (QED) is 0.547. The van der Waals surface area contributed by atoms with Crippen LogP contribution in [0, 0.1) is 5.82 Å². The van der Waals surface area contributed by atoms with Gasteiger partial charge < -0.3 is 24.7 Å². The molecule has 0 bridgehead atoms. The van der Waals surface area contributed by atoms with Gasteiger partial charge in [0, 0.05) is 29.3 Å². The standard InChI is InChI=1S/C23H17F2N5O4/c24-13-7-15-17(19-11(13)3-5-34-19)16(12-2-1-4-26-22(12)31)18(23(32)33)30(15)8-10-6-14-21(28-9-27-14)29-20(10)25/h1-2,4,6-7,9,14,21H,3,5,8H2,(H,26,31)(H,27,28)(H,32,33). The van der Waals surface area contributed by atoms with Gasteiger partial charge in [0.2, 0.25) is 5.97 Å². The van der Waals surface area contributed by atoms with Crippen molar-refractivity contribution in [2.24, 2.45) is 9.98 Å². The van der Waals surface area contributed by atoms with Crippen molar-refractivity contribution < 1.29 is 23.4 Å². The summed E-state index contributed by atoms with van der Waals surface area (Å²) < 4.78 is 36.9. The topological polar surface area (TPSA) is 121 Å². The number of ether oxygens (including phenoxy) is 1. The molecule has 3 aliphatic rings. The number of aliphatic imine (C=N–C) groups is 2. The summed E-state index contributed by atoms with van der Waals surface area (Å²) in [6.07, 6.45) is 4.15. The summed E-state index contributed by atoms with van der Waals surface area (Å²) in [5.74, 6) is -2.48. The predicted molar refractivity (Wildman–Crippen MR) is 120 cm³/mol. The first-order chi connectivity index (χ1) is 16.4. The molecule has 3 N–H and O–H groups in total. The first-order valence-corrected chi connectivity index (χ1v) is 10.6. The largest absolute Gasteiger partial charge is 0.492 e. The van der Waals surface area contributed by atoms with E-state index in [4.69, 9.17) is 4.74 Å². The van der Waals surface area contributed by atoms with E-state index in [1.165, 1.54) is 29.2 Å². The summed E-state index contributed by atoms with van der Waals surface area (Å²) in [6, 6.07) is 3.90.